The van der Waals surface area contributed by atoms with E-state index in [1.54, 1.807) is 18.2 Å². The van der Waals surface area contributed by atoms with E-state index in [2.05, 4.69) is 0 Å². The number of nitrogens with two attached hydrogens (primary N) is 1. The number of aromatic hydroxyl groups is 1. The summed E-state index contributed by atoms with van der Waals surface area (Å²) in [5.41, 5.74) is 5.65. The Labute approximate surface area is 106 Å². The van der Waals surface area contributed by atoms with Crippen LogP contribution in [0.2, 0.25) is 0 Å². The fourth-order valence-electron chi connectivity index (χ4n) is 1.65. The molecule has 0 aliphatic rings. The van der Waals surface area contributed by atoms with Crippen molar-refractivity contribution in [1.82, 2.24) is 4.90 Å². The predicted molar refractivity (Wildman–Crippen MR) is 67.9 cm³/mol. The van der Waals surface area contributed by atoms with Crippen LogP contribution in [0.4, 0.5) is 0 Å². The first kappa shape index (κ1) is 14.0. The largest absolute Gasteiger partial charge is 0.508 e. The highest BCUT2D eigenvalue weighted by Crippen LogP contribution is 2.17. The lowest BCUT2D eigenvalue weighted by molar-refractivity contribution is -0.136. The molecule has 5 nitrogen and oxygen atoms in total. The van der Waals surface area contributed by atoms with Crippen LogP contribution >= 0.6 is 0 Å². The first-order valence-electron chi connectivity index (χ1n) is 5.76. The van der Waals surface area contributed by atoms with Gasteiger partial charge >= 0.3 is 0 Å². The Hall–Kier alpha value is -2.04. The Morgan fingerprint density at radius 3 is 2.44 bits per heavy atom. The Balaban J connectivity index is 2.79. The van der Waals surface area contributed by atoms with E-state index >= 15 is 0 Å². The van der Waals surface area contributed by atoms with Gasteiger partial charge in [-0.1, -0.05) is 18.2 Å². The molecule has 0 saturated heterocycles. The maximum absolute atomic E-state index is 12.0. The van der Waals surface area contributed by atoms with Crippen LogP contribution in [0.5, 0.6) is 5.75 Å². The smallest absolute Gasteiger partial charge is 0.237 e. The number of carbonyl (C=O) groups is 2. The minimum absolute atomic E-state index is 0.0537. The summed E-state index contributed by atoms with van der Waals surface area (Å²) in [6.07, 6.45) is 0.0537. The predicted octanol–water partition coefficient (Wildman–Crippen LogP) is 0.657. The molecule has 3 N–H and O–H groups in total. The van der Waals surface area contributed by atoms with E-state index in [1.807, 2.05) is 13.8 Å². The number of carbonyl (C=O) groups excluding carboxylic acids is 2. The summed E-state index contributed by atoms with van der Waals surface area (Å²) in [6, 6.07) is 6.52. The average Bonchev–Trinajstić information content (AvgIpc) is 2.28. The molecule has 0 radical (unpaired) electrons. The Bertz CT molecular complexity index is 444. The number of amides is 2. The van der Waals surface area contributed by atoms with Crippen LogP contribution in [0, 0.1) is 0 Å². The molecule has 5 heteroatoms. The van der Waals surface area contributed by atoms with Gasteiger partial charge < -0.3 is 15.7 Å². The number of hydrogen-bond acceptors (Lipinski definition) is 3. The molecule has 18 heavy (non-hydrogen) atoms. The molecule has 0 spiro atoms. The molecule has 0 aliphatic heterocycles. The molecule has 0 bridgehead atoms. The topological polar surface area (TPSA) is 83.6 Å². The number of hydrogen-bond donors (Lipinski definition) is 2. The van der Waals surface area contributed by atoms with Gasteiger partial charge in [0.1, 0.15) is 5.75 Å². The number of primary amides is 1. The first-order chi connectivity index (χ1) is 8.41. The molecular formula is C13H18N2O3. The van der Waals surface area contributed by atoms with Crippen molar-refractivity contribution >= 4 is 11.8 Å². The van der Waals surface area contributed by atoms with Gasteiger partial charge in [-0.15, -0.1) is 0 Å². The first-order valence-corrected chi connectivity index (χ1v) is 5.76. The van der Waals surface area contributed by atoms with Gasteiger partial charge in [0, 0.05) is 11.6 Å². The Morgan fingerprint density at radius 1 is 1.33 bits per heavy atom. The fourth-order valence-corrected chi connectivity index (χ4v) is 1.65. The maximum atomic E-state index is 12.0. The van der Waals surface area contributed by atoms with Crippen LogP contribution in [-0.4, -0.2) is 34.4 Å². The van der Waals surface area contributed by atoms with Crippen molar-refractivity contribution in [2.45, 2.75) is 26.3 Å². The molecule has 1 aromatic rings. The van der Waals surface area contributed by atoms with Gasteiger partial charge in [0.15, 0.2) is 0 Å². The van der Waals surface area contributed by atoms with Crippen molar-refractivity contribution in [2.75, 3.05) is 6.54 Å². The zero-order chi connectivity index (χ0) is 13.7. The highest BCUT2D eigenvalue weighted by molar-refractivity contribution is 5.85. The molecule has 98 valence electrons. The number of phenolic OH excluding ortho intramolecular Hbond substituents is 1. The summed E-state index contributed by atoms with van der Waals surface area (Å²) in [7, 11) is 0. The summed E-state index contributed by atoms with van der Waals surface area (Å²) in [4.78, 5) is 24.4. The number of para-hydroxylation sites is 1. The lowest BCUT2D eigenvalue weighted by atomic mass is 10.1. The minimum atomic E-state index is -0.547. The molecule has 0 aromatic heterocycles. The number of rotatable bonds is 5. The van der Waals surface area contributed by atoms with Gasteiger partial charge in [0.05, 0.1) is 13.0 Å². The number of phenols is 1. The van der Waals surface area contributed by atoms with Gasteiger partial charge in [0.25, 0.3) is 0 Å². The fraction of sp³-hybridized carbons (Fsp3) is 0.385. The number of nitrogens with zero attached hydrogens (tertiary/aromatic N) is 1. The summed E-state index contributed by atoms with van der Waals surface area (Å²) >= 11 is 0. The van der Waals surface area contributed by atoms with E-state index < -0.39 is 5.91 Å². The Kier molecular flexibility index (Phi) is 4.71. The average molecular weight is 250 g/mol. The summed E-state index contributed by atoms with van der Waals surface area (Å²) < 4.78 is 0. The van der Waals surface area contributed by atoms with Gasteiger partial charge in [-0.3, -0.25) is 9.59 Å². The highest BCUT2D eigenvalue weighted by atomic mass is 16.3. The van der Waals surface area contributed by atoms with Crippen molar-refractivity contribution in [3.05, 3.63) is 29.8 Å². The van der Waals surface area contributed by atoms with Crippen LogP contribution in [0.3, 0.4) is 0 Å². The zero-order valence-corrected chi connectivity index (χ0v) is 10.6. The van der Waals surface area contributed by atoms with E-state index in [0.717, 1.165) is 0 Å². The molecule has 0 unspecified atom stereocenters. The second-order valence-electron chi connectivity index (χ2n) is 4.39. The van der Waals surface area contributed by atoms with Crippen LogP contribution < -0.4 is 5.73 Å². The zero-order valence-electron chi connectivity index (χ0n) is 10.6. The van der Waals surface area contributed by atoms with E-state index in [4.69, 9.17) is 5.73 Å². The van der Waals surface area contributed by atoms with Gasteiger partial charge in [0.2, 0.25) is 11.8 Å². The van der Waals surface area contributed by atoms with Crippen LogP contribution in [0.15, 0.2) is 24.3 Å². The molecular weight excluding hydrogens is 232 g/mol. The van der Waals surface area contributed by atoms with E-state index in [0.29, 0.717) is 5.56 Å². The van der Waals surface area contributed by atoms with Crippen molar-refractivity contribution in [3.8, 4) is 5.75 Å². The second-order valence-corrected chi connectivity index (χ2v) is 4.39. The van der Waals surface area contributed by atoms with E-state index in [-0.39, 0.29) is 30.7 Å². The molecule has 0 heterocycles. The quantitative estimate of drug-likeness (QED) is 0.805. The van der Waals surface area contributed by atoms with Crippen molar-refractivity contribution in [2.24, 2.45) is 5.73 Å². The lowest BCUT2D eigenvalue weighted by Crippen LogP contribution is -2.43. The SMILES string of the molecule is CC(C)N(CC(N)=O)C(=O)Cc1ccccc1O. The van der Waals surface area contributed by atoms with Crippen LogP contribution in [0.25, 0.3) is 0 Å². The lowest BCUT2D eigenvalue weighted by Gasteiger charge is -2.25. The van der Waals surface area contributed by atoms with Crippen molar-refractivity contribution < 1.29 is 14.7 Å². The molecule has 0 aliphatic carbocycles. The normalized spacial score (nSPS) is 10.4. The molecule has 2 amide bonds. The third kappa shape index (κ3) is 3.76. The molecule has 0 atom stereocenters. The van der Waals surface area contributed by atoms with Crippen molar-refractivity contribution in [3.63, 3.8) is 0 Å². The standard InChI is InChI=1S/C13H18N2O3/c1-9(2)15(8-12(14)17)13(18)7-10-5-3-4-6-11(10)16/h3-6,9,16H,7-8H2,1-2H3,(H2,14,17). The third-order valence-electron chi connectivity index (χ3n) is 2.60. The summed E-state index contributed by atoms with van der Waals surface area (Å²) in [5, 5.41) is 9.60. The Morgan fingerprint density at radius 2 is 1.94 bits per heavy atom. The van der Waals surface area contributed by atoms with Gasteiger partial charge in [-0.2, -0.15) is 0 Å². The highest BCUT2D eigenvalue weighted by Gasteiger charge is 2.19. The van der Waals surface area contributed by atoms with Crippen LogP contribution in [-0.2, 0) is 16.0 Å². The summed E-state index contributed by atoms with van der Waals surface area (Å²) in [6.45, 7) is 3.52. The van der Waals surface area contributed by atoms with E-state index in [9.17, 15) is 14.7 Å². The van der Waals surface area contributed by atoms with Crippen molar-refractivity contribution in [1.29, 1.82) is 0 Å². The van der Waals surface area contributed by atoms with E-state index in [1.165, 1.54) is 11.0 Å². The minimum Gasteiger partial charge on any atom is -0.508 e. The molecule has 0 fully saturated rings. The molecule has 1 aromatic carbocycles. The molecule has 1 rings (SSSR count). The van der Waals surface area contributed by atoms with Gasteiger partial charge in [-0.05, 0) is 19.9 Å². The summed E-state index contributed by atoms with van der Waals surface area (Å²) in [5.74, 6) is -0.701. The monoisotopic (exact) mass is 250 g/mol. The van der Waals surface area contributed by atoms with Gasteiger partial charge in [-0.25, -0.2) is 0 Å². The number of benzene rings is 1. The molecule has 0 saturated carbocycles. The van der Waals surface area contributed by atoms with Crippen LogP contribution in [0.1, 0.15) is 19.4 Å². The third-order valence-corrected chi connectivity index (χ3v) is 2.60. The second kappa shape index (κ2) is 6.05. The maximum Gasteiger partial charge on any atom is 0.237 e.